The van der Waals surface area contributed by atoms with Crippen molar-refractivity contribution in [2.75, 3.05) is 18.2 Å². The van der Waals surface area contributed by atoms with Gasteiger partial charge in [-0.1, -0.05) is 29.4 Å². The average molecular weight is 375 g/mol. The van der Waals surface area contributed by atoms with Crippen LogP contribution in [0.1, 0.15) is 0 Å². The van der Waals surface area contributed by atoms with Crippen molar-refractivity contribution in [3.05, 3.63) is 59.8 Å². The van der Waals surface area contributed by atoms with Crippen molar-refractivity contribution in [2.45, 2.75) is 5.22 Å². The molecule has 0 saturated heterocycles. The Morgan fingerprint density at radius 2 is 2.08 bits per heavy atom. The van der Waals surface area contributed by atoms with E-state index in [9.17, 15) is 4.79 Å². The SMILES string of the molecule is COc1cccc(NC(=O)CSc2ncc(-c3ccc(Cl)cc3)o2)c1. The Labute approximate surface area is 154 Å². The lowest BCUT2D eigenvalue weighted by atomic mass is 10.2. The Balaban J connectivity index is 1.56. The molecule has 0 radical (unpaired) electrons. The molecule has 25 heavy (non-hydrogen) atoms. The highest BCUT2D eigenvalue weighted by atomic mass is 35.5. The number of methoxy groups -OCH3 is 1. The monoisotopic (exact) mass is 374 g/mol. The van der Waals surface area contributed by atoms with Gasteiger partial charge in [0.25, 0.3) is 5.22 Å². The zero-order valence-electron chi connectivity index (χ0n) is 13.4. The standard InChI is InChI=1S/C18H15ClN2O3S/c1-23-15-4-2-3-14(9-15)21-17(22)11-25-18-20-10-16(24-18)12-5-7-13(19)8-6-12/h2-10H,11H2,1H3,(H,21,22). The zero-order chi connectivity index (χ0) is 17.6. The molecule has 0 fully saturated rings. The average Bonchev–Trinajstić information content (AvgIpc) is 3.10. The van der Waals surface area contributed by atoms with E-state index in [0.29, 0.717) is 27.4 Å². The van der Waals surface area contributed by atoms with Crippen LogP contribution >= 0.6 is 23.4 Å². The molecule has 0 unspecified atom stereocenters. The van der Waals surface area contributed by atoms with Gasteiger partial charge in [0.05, 0.1) is 19.1 Å². The Bertz CT molecular complexity index is 865. The summed E-state index contributed by atoms with van der Waals surface area (Å²) >= 11 is 7.10. The molecule has 7 heteroatoms. The van der Waals surface area contributed by atoms with Crippen LogP contribution in [-0.4, -0.2) is 23.8 Å². The number of thioether (sulfide) groups is 1. The van der Waals surface area contributed by atoms with Gasteiger partial charge in [-0.05, 0) is 36.4 Å². The molecule has 1 aromatic heterocycles. The fourth-order valence-corrected chi connectivity index (χ4v) is 2.83. The van der Waals surface area contributed by atoms with Gasteiger partial charge in [-0.15, -0.1) is 0 Å². The van der Waals surface area contributed by atoms with Crippen LogP contribution in [0.3, 0.4) is 0 Å². The topological polar surface area (TPSA) is 64.4 Å². The lowest BCUT2D eigenvalue weighted by Gasteiger charge is -2.06. The number of aromatic nitrogens is 1. The molecule has 1 N–H and O–H groups in total. The molecule has 1 amide bonds. The largest absolute Gasteiger partial charge is 0.497 e. The summed E-state index contributed by atoms with van der Waals surface area (Å²) in [4.78, 5) is 16.2. The maximum Gasteiger partial charge on any atom is 0.256 e. The number of rotatable bonds is 6. The fourth-order valence-electron chi connectivity index (χ4n) is 2.10. The summed E-state index contributed by atoms with van der Waals surface area (Å²) in [5.74, 6) is 1.36. The van der Waals surface area contributed by atoms with E-state index in [2.05, 4.69) is 10.3 Å². The van der Waals surface area contributed by atoms with Crippen molar-refractivity contribution in [3.63, 3.8) is 0 Å². The number of nitrogens with zero attached hydrogens (tertiary/aromatic N) is 1. The number of carbonyl (C=O) groups is 1. The Hall–Kier alpha value is -2.44. The fraction of sp³-hybridized carbons (Fsp3) is 0.111. The molecule has 3 aromatic rings. The summed E-state index contributed by atoms with van der Waals surface area (Å²) in [5.41, 5.74) is 1.56. The highest BCUT2D eigenvalue weighted by Crippen LogP contribution is 2.26. The third-order valence-electron chi connectivity index (χ3n) is 3.29. The van der Waals surface area contributed by atoms with E-state index in [-0.39, 0.29) is 11.7 Å². The van der Waals surface area contributed by atoms with Crippen LogP contribution in [0.5, 0.6) is 5.75 Å². The van der Waals surface area contributed by atoms with Gasteiger partial charge < -0.3 is 14.5 Å². The minimum Gasteiger partial charge on any atom is -0.497 e. The molecule has 128 valence electrons. The highest BCUT2D eigenvalue weighted by molar-refractivity contribution is 7.99. The minimum atomic E-state index is -0.149. The van der Waals surface area contributed by atoms with E-state index in [1.54, 1.807) is 37.6 Å². The smallest absolute Gasteiger partial charge is 0.256 e. The second-order valence-electron chi connectivity index (χ2n) is 5.07. The van der Waals surface area contributed by atoms with Crippen molar-refractivity contribution in [3.8, 4) is 17.1 Å². The quantitative estimate of drug-likeness (QED) is 0.631. The van der Waals surface area contributed by atoms with Gasteiger partial charge >= 0.3 is 0 Å². The van der Waals surface area contributed by atoms with Crippen LogP contribution in [0, 0.1) is 0 Å². The number of oxazole rings is 1. The van der Waals surface area contributed by atoms with E-state index < -0.39 is 0 Å². The highest BCUT2D eigenvalue weighted by Gasteiger charge is 2.10. The number of benzene rings is 2. The first kappa shape index (κ1) is 17.4. The predicted molar refractivity (Wildman–Crippen MR) is 99.3 cm³/mol. The van der Waals surface area contributed by atoms with Crippen LogP contribution in [0.4, 0.5) is 5.69 Å². The molecule has 0 saturated carbocycles. The maximum absolute atomic E-state index is 12.0. The van der Waals surface area contributed by atoms with Crippen molar-refractivity contribution in [2.24, 2.45) is 0 Å². The Morgan fingerprint density at radius 3 is 2.84 bits per heavy atom. The van der Waals surface area contributed by atoms with Gasteiger partial charge in [0, 0.05) is 22.3 Å². The summed E-state index contributed by atoms with van der Waals surface area (Å²) in [6, 6.07) is 14.5. The molecular weight excluding hydrogens is 360 g/mol. The normalized spacial score (nSPS) is 10.5. The first-order valence-corrected chi connectivity index (χ1v) is 8.79. The molecular formula is C18H15ClN2O3S. The third kappa shape index (κ3) is 4.78. The van der Waals surface area contributed by atoms with Crippen molar-refractivity contribution in [1.29, 1.82) is 0 Å². The lowest BCUT2D eigenvalue weighted by molar-refractivity contribution is -0.113. The molecule has 0 aliphatic carbocycles. The van der Waals surface area contributed by atoms with E-state index in [1.165, 1.54) is 11.8 Å². The van der Waals surface area contributed by atoms with Gasteiger partial charge in [0.15, 0.2) is 5.76 Å². The molecule has 3 rings (SSSR count). The molecule has 0 atom stereocenters. The number of ether oxygens (including phenoxy) is 1. The number of hydrogen-bond donors (Lipinski definition) is 1. The second kappa shape index (κ2) is 8.09. The van der Waals surface area contributed by atoms with Gasteiger partial charge in [-0.2, -0.15) is 0 Å². The van der Waals surface area contributed by atoms with Crippen molar-refractivity contribution in [1.82, 2.24) is 4.98 Å². The number of nitrogens with one attached hydrogen (secondary N) is 1. The number of hydrogen-bond acceptors (Lipinski definition) is 5. The zero-order valence-corrected chi connectivity index (χ0v) is 14.9. The van der Waals surface area contributed by atoms with Crippen molar-refractivity contribution < 1.29 is 13.9 Å². The molecule has 2 aromatic carbocycles. The number of amides is 1. The molecule has 1 heterocycles. The number of carbonyl (C=O) groups excluding carboxylic acids is 1. The maximum atomic E-state index is 12.0. The third-order valence-corrected chi connectivity index (χ3v) is 4.39. The molecule has 0 bridgehead atoms. The first-order valence-electron chi connectivity index (χ1n) is 7.42. The van der Waals surface area contributed by atoms with E-state index in [4.69, 9.17) is 20.8 Å². The van der Waals surface area contributed by atoms with E-state index >= 15 is 0 Å². The molecule has 5 nitrogen and oxygen atoms in total. The van der Waals surface area contributed by atoms with Crippen molar-refractivity contribution >= 4 is 35.0 Å². The molecule has 0 spiro atoms. The predicted octanol–water partition coefficient (Wildman–Crippen LogP) is 4.73. The Morgan fingerprint density at radius 1 is 1.28 bits per heavy atom. The van der Waals surface area contributed by atoms with Crippen LogP contribution in [0.15, 0.2) is 64.4 Å². The van der Waals surface area contributed by atoms with Crippen LogP contribution < -0.4 is 10.1 Å². The van der Waals surface area contributed by atoms with Gasteiger partial charge in [0.1, 0.15) is 5.75 Å². The summed E-state index contributed by atoms with van der Waals surface area (Å²) in [6.45, 7) is 0. The molecule has 0 aliphatic rings. The van der Waals surface area contributed by atoms with Gasteiger partial charge in [-0.25, -0.2) is 4.98 Å². The van der Waals surface area contributed by atoms with E-state index in [1.807, 2.05) is 24.3 Å². The first-order chi connectivity index (χ1) is 12.1. The second-order valence-corrected chi connectivity index (χ2v) is 6.43. The van der Waals surface area contributed by atoms with E-state index in [0.717, 1.165) is 5.56 Å². The van der Waals surface area contributed by atoms with Gasteiger partial charge in [-0.3, -0.25) is 4.79 Å². The van der Waals surface area contributed by atoms with Gasteiger partial charge in [0.2, 0.25) is 5.91 Å². The minimum absolute atomic E-state index is 0.149. The van der Waals surface area contributed by atoms with Crippen LogP contribution in [-0.2, 0) is 4.79 Å². The molecule has 0 aliphatic heterocycles. The lowest BCUT2D eigenvalue weighted by Crippen LogP contribution is -2.13. The summed E-state index contributed by atoms with van der Waals surface area (Å²) < 4.78 is 10.8. The number of halogens is 1. The Kier molecular flexibility index (Phi) is 5.63. The summed E-state index contributed by atoms with van der Waals surface area (Å²) in [5, 5.41) is 3.90. The number of anilines is 1. The van der Waals surface area contributed by atoms with Crippen LogP contribution in [0.25, 0.3) is 11.3 Å². The summed E-state index contributed by atoms with van der Waals surface area (Å²) in [7, 11) is 1.58. The van der Waals surface area contributed by atoms with Crippen LogP contribution in [0.2, 0.25) is 5.02 Å². The summed E-state index contributed by atoms with van der Waals surface area (Å²) in [6.07, 6.45) is 1.63.